The lowest BCUT2D eigenvalue weighted by Crippen LogP contribution is -2.37. The van der Waals surface area contributed by atoms with E-state index in [1.807, 2.05) is 30.3 Å². The van der Waals surface area contributed by atoms with Gasteiger partial charge < -0.3 is 5.11 Å². The molecule has 1 aliphatic rings. The quantitative estimate of drug-likeness (QED) is 0.707. The first-order valence-corrected chi connectivity index (χ1v) is 5.54. The third kappa shape index (κ3) is 1.67. The van der Waals surface area contributed by atoms with Crippen LogP contribution in [0.15, 0.2) is 30.3 Å². The minimum absolute atomic E-state index is 0.402. The number of hydrogen-bond donors (Lipinski definition) is 1. The number of hydrogen-bond acceptors (Lipinski definition) is 1. The molecule has 1 N–H and O–H groups in total. The Balaban J connectivity index is 2.30. The third-order valence-electron chi connectivity index (χ3n) is 3.05. The molecule has 76 valence electrons. The molecule has 1 aromatic rings. The largest absolute Gasteiger partial charge is 0.391 e. The Morgan fingerprint density at radius 1 is 1.21 bits per heavy atom. The summed E-state index contributed by atoms with van der Waals surface area (Å²) in [4.78, 5) is -0.542. The summed E-state index contributed by atoms with van der Waals surface area (Å²) < 4.78 is 0. The summed E-state index contributed by atoms with van der Waals surface area (Å²) in [5, 5.41) is 9.95. The summed E-state index contributed by atoms with van der Waals surface area (Å²) in [5.41, 5.74) is 1.05. The minimum atomic E-state index is -0.542. The molecule has 0 unspecified atom stereocenters. The Bertz CT molecular complexity index is 298. The zero-order chi connectivity index (χ0) is 10.0. The molecule has 1 aliphatic carbocycles. The van der Waals surface area contributed by atoms with Gasteiger partial charge in [0.25, 0.3) is 0 Å². The number of aliphatic hydroxyl groups is 1. The Morgan fingerprint density at radius 2 is 1.93 bits per heavy atom. The third-order valence-corrected chi connectivity index (χ3v) is 3.71. The molecule has 2 heteroatoms. The van der Waals surface area contributed by atoms with Crippen LogP contribution in [-0.4, -0.2) is 11.2 Å². The van der Waals surface area contributed by atoms with E-state index in [4.69, 9.17) is 11.6 Å². The number of halogens is 1. The van der Waals surface area contributed by atoms with Crippen LogP contribution in [0.1, 0.15) is 31.2 Å². The molecule has 14 heavy (non-hydrogen) atoms. The van der Waals surface area contributed by atoms with Gasteiger partial charge in [-0.25, -0.2) is 0 Å². The topological polar surface area (TPSA) is 20.2 Å². The van der Waals surface area contributed by atoms with Crippen molar-refractivity contribution in [2.75, 3.05) is 0 Å². The van der Waals surface area contributed by atoms with Crippen molar-refractivity contribution >= 4 is 11.6 Å². The SMILES string of the molecule is O[C@H]1CCCC[C@]1(Cl)c1ccccc1. The Hall–Kier alpha value is -0.530. The van der Waals surface area contributed by atoms with Gasteiger partial charge in [0.1, 0.15) is 0 Å². The van der Waals surface area contributed by atoms with E-state index in [0.29, 0.717) is 0 Å². The van der Waals surface area contributed by atoms with Crippen LogP contribution >= 0.6 is 11.6 Å². The molecule has 1 saturated carbocycles. The summed E-state index contributed by atoms with van der Waals surface area (Å²) in [6, 6.07) is 9.92. The second-order valence-corrected chi connectivity index (χ2v) is 4.66. The molecule has 0 amide bonds. The predicted molar refractivity (Wildman–Crippen MR) is 58.4 cm³/mol. The van der Waals surface area contributed by atoms with Crippen LogP contribution in [0.3, 0.4) is 0 Å². The van der Waals surface area contributed by atoms with E-state index < -0.39 is 11.0 Å². The second kappa shape index (κ2) is 3.92. The molecule has 0 heterocycles. The van der Waals surface area contributed by atoms with Crippen molar-refractivity contribution in [3.05, 3.63) is 35.9 Å². The lowest BCUT2D eigenvalue weighted by molar-refractivity contribution is 0.0855. The summed E-state index contributed by atoms with van der Waals surface area (Å²) in [6.07, 6.45) is 3.48. The highest BCUT2D eigenvalue weighted by Crippen LogP contribution is 2.42. The molecule has 0 saturated heterocycles. The van der Waals surface area contributed by atoms with Crippen LogP contribution in [0.2, 0.25) is 0 Å². The summed E-state index contributed by atoms with van der Waals surface area (Å²) in [5.74, 6) is 0. The van der Waals surface area contributed by atoms with Crippen LogP contribution < -0.4 is 0 Å². The van der Waals surface area contributed by atoms with E-state index in [2.05, 4.69) is 0 Å². The average Bonchev–Trinajstić information content (AvgIpc) is 2.24. The molecular weight excluding hydrogens is 196 g/mol. The van der Waals surface area contributed by atoms with Gasteiger partial charge in [0, 0.05) is 0 Å². The van der Waals surface area contributed by atoms with E-state index >= 15 is 0 Å². The molecule has 1 aromatic carbocycles. The highest BCUT2D eigenvalue weighted by molar-refractivity contribution is 6.24. The monoisotopic (exact) mass is 210 g/mol. The van der Waals surface area contributed by atoms with Crippen molar-refractivity contribution in [3.8, 4) is 0 Å². The van der Waals surface area contributed by atoms with Crippen LogP contribution in [0.5, 0.6) is 0 Å². The van der Waals surface area contributed by atoms with Crippen LogP contribution in [-0.2, 0) is 4.87 Å². The van der Waals surface area contributed by atoms with Gasteiger partial charge >= 0.3 is 0 Å². The average molecular weight is 211 g/mol. The van der Waals surface area contributed by atoms with Crippen molar-refractivity contribution in [2.24, 2.45) is 0 Å². The lowest BCUT2D eigenvalue weighted by atomic mass is 9.81. The number of aliphatic hydroxyl groups excluding tert-OH is 1. The fraction of sp³-hybridized carbons (Fsp3) is 0.500. The molecule has 0 aromatic heterocycles. The fourth-order valence-corrected chi connectivity index (χ4v) is 2.54. The van der Waals surface area contributed by atoms with E-state index in [1.165, 1.54) is 0 Å². The molecule has 0 bridgehead atoms. The number of alkyl halides is 1. The van der Waals surface area contributed by atoms with Crippen molar-refractivity contribution in [3.63, 3.8) is 0 Å². The van der Waals surface area contributed by atoms with Gasteiger partial charge in [0.05, 0.1) is 11.0 Å². The molecule has 0 spiro atoms. The van der Waals surface area contributed by atoms with Crippen molar-refractivity contribution in [1.82, 2.24) is 0 Å². The smallest absolute Gasteiger partial charge is 0.0953 e. The van der Waals surface area contributed by atoms with E-state index in [9.17, 15) is 5.11 Å². The normalized spacial score (nSPS) is 32.9. The first-order valence-electron chi connectivity index (χ1n) is 5.16. The van der Waals surface area contributed by atoms with Gasteiger partial charge in [-0.2, -0.15) is 0 Å². The maximum absolute atomic E-state index is 9.95. The fourth-order valence-electron chi connectivity index (χ4n) is 2.17. The zero-order valence-electron chi connectivity index (χ0n) is 8.12. The minimum Gasteiger partial charge on any atom is -0.391 e. The highest BCUT2D eigenvalue weighted by Gasteiger charge is 2.39. The Morgan fingerprint density at radius 3 is 2.57 bits per heavy atom. The first-order chi connectivity index (χ1) is 6.73. The molecule has 0 radical (unpaired) electrons. The zero-order valence-corrected chi connectivity index (χ0v) is 8.87. The van der Waals surface area contributed by atoms with Gasteiger partial charge in [-0.05, 0) is 18.4 Å². The Labute approximate surface area is 89.7 Å². The molecule has 0 aliphatic heterocycles. The Kier molecular flexibility index (Phi) is 2.80. The summed E-state index contributed by atoms with van der Waals surface area (Å²) in [7, 11) is 0. The maximum atomic E-state index is 9.95. The lowest BCUT2D eigenvalue weighted by Gasteiger charge is -2.36. The maximum Gasteiger partial charge on any atom is 0.0953 e. The van der Waals surface area contributed by atoms with Crippen molar-refractivity contribution in [2.45, 2.75) is 36.7 Å². The summed E-state index contributed by atoms with van der Waals surface area (Å²) in [6.45, 7) is 0. The number of benzene rings is 1. The van der Waals surface area contributed by atoms with E-state index in [1.54, 1.807) is 0 Å². The van der Waals surface area contributed by atoms with Gasteiger partial charge in [0.2, 0.25) is 0 Å². The molecule has 1 fully saturated rings. The standard InChI is InChI=1S/C12H15ClO/c13-12(9-5-4-8-11(12)14)10-6-2-1-3-7-10/h1-3,6-7,11,14H,4-5,8-9H2/t11-,12-/m0/s1. The highest BCUT2D eigenvalue weighted by atomic mass is 35.5. The molecule has 2 rings (SSSR count). The van der Waals surface area contributed by atoms with Gasteiger partial charge in [-0.15, -0.1) is 11.6 Å². The van der Waals surface area contributed by atoms with Gasteiger partial charge in [0.15, 0.2) is 0 Å². The molecular formula is C12H15ClO. The van der Waals surface area contributed by atoms with Crippen molar-refractivity contribution in [1.29, 1.82) is 0 Å². The van der Waals surface area contributed by atoms with Crippen LogP contribution in [0.4, 0.5) is 0 Å². The first kappa shape index (κ1) is 10.0. The van der Waals surface area contributed by atoms with Crippen LogP contribution in [0, 0.1) is 0 Å². The van der Waals surface area contributed by atoms with Crippen LogP contribution in [0.25, 0.3) is 0 Å². The molecule has 2 atom stereocenters. The van der Waals surface area contributed by atoms with Gasteiger partial charge in [-0.3, -0.25) is 0 Å². The van der Waals surface area contributed by atoms with E-state index in [0.717, 1.165) is 31.2 Å². The predicted octanol–water partition coefficient (Wildman–Crippen LogP) is 3.06. The van der Waals surface area contributed by atoms with Gasteiger partial charge in [-0.1, -0.05) is 43.2 Å². The molecule has 1 nitrogen and oxygen atoms in total. The second-order valence-electron chi connectivity index (χ2n) is 3.99. The van der Waals surface area contributed by atoms with Crippen molar-refractivity contribution < 1.29 is 5.11 Å². The summed E-state index contributed by atoms with van der Waals surface area (Å²) >= 11 is 6.50. The number of rotatable bonds is 1. The van der Waals surface area contributed by atoms with E-state index in [-0.39, 0.29) is 0 Å².